The van der Waals surface area contributed by atoms with E-state index in [-0.39, 0.29) is 11.9 Å². The van der Waals surface area contributed by atoms with E-state index in [1.807, 2.05) is 6.92 Å². The fraction of sp³-hybridized carbons (Fsp3) is 0.222. The van der Waals surface area contributed by atoms with E-state index in [0.717, 1.165) is 0 Å². The van der Waals surface area contributed by atoms with Crippen molar-refractivity contribution in [2.24, 2.45) is 0 Å². The average Bonchev–Trinajstić information content (AvgIpc) is 2.54. The molecule has 2 aromatic rings. The number of ether oxygens (including phenoxy) is 2. The molecule has 0 unspecified atom stereocenters. The minimum absolute atomic E-state index is 0.0315. The van der Waals surface area contributed by atoms with E-state index >= 15 is 0 Å². The van der Waals surface area contributed by atoms with Gasteiger partial charge >= 0.3 is 0 Å². The van der Waals surface area contributed by atoms with E-state index in [2.05, 4.69) is 6.07 Å². The Morgan fingerprint density at radius 1 is 1.09 bits per heavy atom. The molecule has 0 aromatic heterocycles. The highest BCUT2D eigenvalue weighted by Crippen LogP contribution is 2.16. The van der Waals surface area contributed by atoms with Crippen LogP contribution in [0.3, 0.4) is 0 Å². The van der Waals surface area contributed by atoms with Crippen LogP contribution in [0.5, 0.6) is 11.5 Å². The zero-order chi connectivity index (χ0) is 15.9. The standard InChI is InChI=1S/C18H17NO3/c1-13(22-18-7-3-15(11-19)4-8-18)12-21-17-9-5-16(6-10-17)14(2)20/h3-10,13H,12H2,1-2H3/t13-/m0/s1. The van der Waals surface area contributed by atoms with Gasteiger partial charge in [0.15, 0.2) is 5.78 Å². The summed E-state index contributed by atoms with van der Waals surface area (Å²) < 4.78 is 11.3. The first kappa shape index (κ1) is 15.6. The molecule has 2 rings (SSSR count). The van der Waals surface area contributed by atoms with Gasteiger partial charge in [0, 0.05) is 5.56 Å². The molecule has 0 spiro atoms. The van der Waals surface area contributed by atoms with Gasteiger partial charge in [-0.3, -0.25) is 4.79 Å². The molecule has 0 saturated heterocycles. The smallest absolute Gasteiger partial charge is 0.159 e. The summed E-state index contributed by atoms with van der Waals surface area (Å²) in [6.45, 7) is 3.82. The lowest BCUT2D eigenvalue weighted by Gasteiger charge is -2.15. The Morgan fingerprint density at radius 3 is 2.23 bits per heavy atom. The van der Waals surface area contributed by atoms with Crippen LogP contribution in [0.25, 0.3) is 0 Å². The summed E-state index contributed by atoms with van der Waals surface area (Å²) in [6.07, 6.45) is -0.139. The first-order valence-corrected chi connectivity index (χ1v) is 6.99. The van der Waals surface area contributed by atoms with Gasteiger partial charge in [-0.2, -0.15) is 5.26 Å². The number of ketones is 1. The van der Waals surface area contributed by atoms with Crippen LogP contribution >= 0.6 is 0 Å². The van der Waals surface area contributed by atoms with E-state index in [0.29, 0.717) is 29.2 Å². The SMILES string of the molecule is CC(=O)c1ccc(OC[C@H](C)Oc2ccc(C#N)cc2)cc1. The first-order chi connectivity index (χ1) is 10.6. The largest absolute Gasteiger partial charge is 0.490 e. The molecule has 22 heavy (non-hydrogen) atoms. The molecule has 0 saturated carbocycles. The minimum Gasteiger partial charge on any atom is -0.490 e. The van der Waals surface area contributed by atoms with Crippen molar-refractivity contribution in [1.29, 1.82) is 5.26 Å². The quantitative estimate of drug-likeness (QED) is 0.764. The molecule has 0 heterocycles. The van der Waals surface area contributed by atoms with Crippen LogP contribution in [-0.4, -0.2) is 18.5 Å². The summed E-state index contributed by atoms with van der Waals surface area (Å²) in [4.78, 5) is 11.2. The maximum absolute atomic E-state index is 11.2. The second-order valence-corrected chi connectivity index (χ2v) is 4.96. The van der Waals surface area contributed by atoms with Crippen LogP contribution in [0.15, 0.2) is 48.5 Å². The van der Waals surface area contributed by atoms with Gasteiger partial charge in [0.25, 0.3) is 0 Å². The molecule has 4 nitrogen and oxygen atoms in total. The van der Waals surface area contributed by atoms with Crippen LogP contribution in [0.2, 0.25) is 0 Å². The van der Waals surface area contributed by atoms with Crippen LogP contribution in [0.1, 0.15) is 29.8 Å². The van der Waals surface area contributed by atoms with Gasteiger partial charge in [0.1, 0.15) is 24.2 Å². The molecule has 0 fully saturated rings. The van der Waals surface area contributed by atoms with Gasteiger partial charge in [-0.15, -0.1) is 0 Å². The number of nitrogens with zero attached hydrogens (tertiary/aromatic N) is 1. The minimum atomic E-state index is -0.139. The Hall–Kier alpha value is -2.80. The molecule has 0 amide bonds. The van der Waals surface area contributed by atoms with Crippen LogP contribution in [0.4, 0.5) is 0 Å². The summed E-state index contributed by atoms with van der Waals surface area (Å²) >= 11 is 0. The average molecular weight is 295 g/mol. The van der Waals surface area contributed by atoms with E-state index in [9.17, 15) is 4.79 Å². The molecule has 0 bridgehead atoms. The fourth-order valence-corrected chi connectivity index (χ4v) is 1.87. The normalized spacial score (nSPS) is 11.3. The molecule has 112 valence electrons. The van der Waals surface area contributed by atoms with Gasteiger partial charge in [-0.1, -0.05) is 0 Å². The zero-order valence-electron chi connectivity index (χ0n) is 12.6. The second-order valence-electron chi connectivity index (χ2n) is 4.96. The van der Waals surface area contributed by atoms with Gasteiger partial charge in [-0.05, 0) is 62.4 Å². The molecule has 4 heteroatoms. The Kier molecular flexibility index (Phi) is 5.16. The summed E-state index contributed by atoms with van der Waals surface area (Å²) in [5.41, 5.74) is 1.26. The van der Waals surface area contributed by atoms with Gasteiger partial charge in [0.05, 0.1) is 11.6 Å². The monoisotopic (exact) mass is 295 g/mol. The molecule has 0 radical (unpaired) electrons. The maximum atomic E-state index is 11.2. The van der Waals surface area contributed by atoms with E-state index in [1.54, 1.807) is 48.5 Å². The molecule has 0 N–H and O–H groups in total. The molecule has 1 atom stereocenters. The van der Waals surface area contributed by atoms with E-state index < -0.39 is 0 Å². The number of Topliss-reactive ketones (excluding diaryl/α,β-unsaturated/α-hetero) is 1. The van der Waals surface area contributed by atoms with Crippen molar-refractivity contribution in [2.45, 2.75) is 20.0 Å². The number of carbonyl (C=O) groups is 1. The Bertz CT molecular complexity index is 669. The number of rotatable bonds is 6. The van der Waals surface area contributed by atoms with Crippen molar-refractivity contribution in [3.63, 3.8) is 0 Å². The van der Waals surface area contributed by atoms with Crippen molar-refractivity contribution >= 4 is 5.78 Å². The topological polar surface area (TPSA) is 59.3 Å². The fourth-order valence-electron chi connectivity index (χ4n) is 1.87. The van der Waals surface area contributed by atoms with E-state index in [1.165, 1.54) is 6.92 Å². The third kappa shape index (κ3) is 4.35. The van der Waals surface area contributed by atoms with Crippen molar-refractivity contribution in [3.8, 4) is 17.6 Å². The molecule has 0 aliphatic carbocycles. The predicted molar refractivity (Wildman–Crippen MR) is 83.2 cm³/mol. The Labute approximate surface area is 129 Å². The highest BCUT2D eigenvalue weighted by atomic mass is 16.5. The summed E-state index contributed by atoms with van der Waals surface area (Å²) in [7, 11) is 0. The van der Waals surface area contributed by atoms with E-state index in [4.69, 9.17) is 14.7 Å². The highest BCUT2D eigenvalue weighted by Gasteiger charge is 2.06. The lowest BCUT2D eigenvalue weighted by atomic mass is 10.1. The van der Waals surface area contributed by atoms with Gasteiger partial charge < -0.3 is 9.47 Å². The van der Waals surface area contributed by atoms with Crippen molar-refractivity contribution in [1.82, 2.24) is 0 Å². The predicted octanol–water partition coefficient (Wildman–Crippen LogP) is 3.61. The molecular formula is C18H17NO3. The zero-order valence-corrected chi connectivity index (χ0v) is 12.6. The lowest BCUT2D eigenvalue weighted by Crippen LogP contribution is -2.21. The number of carbonyl (C=O) groups excluding carboxylic acids is 1. The molecule has 0 aliphatic rings. The molecular weight excluding hydrogens is 278 g/mol. The van der Waals surface area contributed by atoms with Crippen LogP contribution in [-0.2, 0) is 0 Å². The van der Waals surface area contributed by atoms with Gasteiger partial charge in [-0.25, -0.2) is 0 Å². The summed E-state index contributed by atoms with van der Waals surface area (Å²) in [6, 6.07) is 16.0. The molecule has 0 aliphatic heterocycles. The molecule has 2 aromatic carbocycles. The first-order valence-electron chi connectivity index (χ1n) is 6.99. The third-order valence-electron chi connectivity index (χ3n) is 3.07. The number of hydrogen-bond donors (Lipinski definition) is 0. The van der Waals surface area contributed by atoms with Crippen molar-refractivity contribution < 1.29 is 14.3 Å². The van der Waals surface area contributed by atoms with Crippen LogP contribution in [0, 0.1) is 11.3 Å². The maximum Gasteiger partial charge on any atom is 0.159 e. The summed E-state index contributed by atoms with van der Waals surface area (Å²) in [5.74, 6) is 1.42. The second kappa shape index (κ2) is 7.28. The number of hydrogen-bond acceptors (Lipinski definition) is 4. The van der Waals surface area contributed by atoms with Crippen molar-refractivity contribution in [3.05, 3.63) is 59.7 Å². The lowest BCUT2D eigenvalue weighted by molar-refractivity contribution is 0.101. The van der Waals surface area contributed by atoms with Crippen LogP contribution < -0.4 is 9.47 Å². The number of benzene rings is 2. The Morgan fingerprint density at radius 2 is 1.68 bits per heavy atom. The Balaban J connectivity index is 1.85. The highest BCUT2D eigenvalue weighted by molar-refractivity contribution is 5.94. The van der Waals surface area contributed by atoms with Crippen molar-refractivity contribution in [2.75, 3.05) is 6.61 Å². The van der Waals surface area contributed by atoms with Gasteiger partial charge in [0.2, 0.25) is 0 Å². The summed E-state index contributed by atoms with van der Waals surface area (Å²) in [5, 5.41) is 8.74. The number of nitriles is 1. The third-order valence-corrected chi connectivity index (χ3v) is 3.07.